The van der Waals surface area contributed by atoms with Crippen molar-refractivity contribution in [3.8, 4) is 5.75 Å². The zero-order valence-corrected chi connectivity index (χ0v) is 18.6. The van der Waals surface area contributed by atoms with E-state index in [0.717, 1.165) is 43.6 Å². The number of hydrogen-bond donors (Lipinski definition) is 0. The normalized spacial score (nSPS) is 16.4. The van der Waals surface area contributed by atoms with Crippen LogP contribution in [0.15, 0.2) is 89.5 Å². The zero-order chi connectivity index (χ0) is 21.0. The van der Waals surface area contributed by atoms with Gasteiger partial charge in [-0.15, -0.1) is 12.4 Å². The monoisotopic (exact) mass is 447 g/mol. The second-order valence-electron chi connectivity index (χ2n) is 8.15. The number of hydrogen-bond acceptors (Lipinski definition) is 4. The summed E-state index contributed by atoms with van der Waals surface area (Å²) in [6.07, 6.45) is 4.11. The highest BCUT2D eigenvalue weighted by Crippen LogP contribution is 2.31. The minimum absolute atomic E-state index is 0. The van der Waals surface area contributed by atoms with Gasteiger partial charge in [-0.3, -0.25) is 4.90 Å². The fourth-order valence-electron chi connectivity index (χ4n) is 4.42. The van der Waals surface area contributed by atoms with Crippen LogP contribution in [0.1, 0.15) is 40.4 Å². The van der Waals surface area contributed by atoms with Crippen LogP contribution in [-0.4, -0.2) is 24.0 Å². The van der Waals surface area contributed by atoms with Crippen molar-refractivity contribution in [1.82, 2.24) is 4.90 Å². The molecule has 0 spiro atoms. The van der Waals surface area contributed by atoms with E-state index in [1.54, 1.807) is 12.1 Å². The molecule has 1 atom stereocenters. The minimum atomic E-state index is -0.326. The lowest BCUT2D eigenvalue weighted by atomic mass is 9.90. The largest absolute Gasteiger partial charge is 0.467 e. The molecule has 0 radical (unpaired) electrons. The van der Waals surface area contributed by atoms with Crippen LogP contribution < -0.4 is 4.74 Å². The predicted octanol–water partition coefficient (Wildman–Crippen LogP) is 6.45. The number of carbonyl (C=O) groups excluding carboxylic acids is 1. The smallest absolute Gasteiger partial charge is 0.343 e. The van der Waals surface area contributed by atoms with Gasteiger partial charge < -0.3 is 9.15 Å². The molecule has 1 aromatic heterocycles. The SMILES string of the molecule is Cl.O=C(Oc1cccc(C2CCCN(Cc3occ4ccccc34)C2)c1)c1ccccc1. The highest BCUT2D eigenvalue weighted by atomic mass is 35.5. The molecule has 1 aliphatic heterocycles. The van der Waals surface area contributed by atoms with E-state index in [4.69, 9.17) is 9.15 Å². The van der Waals surface area contributed by atoms with Crippen LogP contribution in [0.25, 0.3) is 10.8 Å². The third-order valence-corrected chi connectivity index (χ3v) is 6.01. The summed E-state index contributed by atoms with van der Waals surface area (Å²) in [5.41, 5.74) is 1.77. The van der Waals surface area contributed by atoms with E-state index in [0.29, 0.717) is 17.2 Å². The van der Waals surface area contributed by atoms with Crippen molar-refractivity contribution in [1.29, 1.82) is 0 Å². The van der Waals surface area contributed by atoms with Crippen LogP contribution in [0.3, 0.4) is 0 Å². The number of benzene rings is 3. The Morgan fingerprint density at radius 1 is 1.00 bits per heavy atom. The van der Waals surface area contributed by atoms with Gasteiger partial charge in [0.1, 0.15) is 11.5 Å². The van der Waals surface area contributed by atoms with Crippen LogP contribution in [0.2, 0.25) is 0 Å². The Morgan fingerprint density at radius 3 is 2.69 bits per heavy atom. The number of carbonyl (C=O) groups is 1. The Labute approximate surface area is 194 Å². The summed E-state index contributed by atoms with van der Waals surface area (Å²) in [5.74, 6) is 1.71. The number of fused-ring (bicyclic) bond motifs is 1. The highest BCUT2D eigenvalue weighted by molar-refractivity contribution is 5.91. The van der Waals surface area contributed by atoms with Crippen molar-refractivity contribution in [3.63, 3.8) is 0 Å². The quantitative estimate of drug-likeness (QED) is 0.260. The van der Waals surface area contributed by atoms with Crippen LogP contribution >= 0.6 is 12.4 Å². The number of rotatable bonds is 5. The molecular weight excluding hydrogens is 422 g/mol. The van der Waals surface area contributed by atoms with Crippen LogP contribution in [0.5, 0.6) is 5.75 Å². The van der Waals surface area contributed by atoms with Crippen molar-refractivity contribution < 1.29 is 13.9 Å². The molecule has 1 aliphatic rings. The number of likely N-dealkylation sites (tertiary alicyclic amines) is 1. The predicted molar refractivity (Wildman–Crippen MR) is 129 cm³/mol. The number of furan rings is 1. The molecule has 164 valence electrons. The van der Waals surface area contributed by atoms with E-state index >= 15 is 0 Å². The topological polar surface area (TPSA) is 42.7 Å². The van der Waals surface area contributed by atoms with E-state index in [1.807, 2.05) is 48.7 Å². The fraction of sp³-hybridized carbons (Fsp3) is 0.222. The third kappa shape index (κ3) is 4.87. The molecule has 4 aromatic rings. The minimum Gasteiger partial charge on any atom is -0.467 e. The fourth-order valence-corrected chi connectivity index (χ4v) is 4.42. The third-order valence-electron chi connectivity index (χ3n) is 6.01. The van der Waals surface area contributed by atoms with Gasteiger partial charge in [0.2, 0.25) is 0 Å². The Kier molecular flexibility index (Phi) is 6.93. The first-order valence-electron chi connectivity index (χ1n) is 10.8. The number of esters is 1. The summed E-state index contributed by atoms with van der Waals surface area (Å²) in [5, 5.41) is 2.35. The van der Waals surface area contributed by atoms with Gasteiger partial charge in [-0.2, -0.15) is 0 Å². The Bertz CT molecular complexity index is 1190. The lowest BCUT2D eigenvalue weighted by Gasteiger charge is -2.32. The molecule has 5 rings (SSSR count). The molecule has 0 aliphatic carbocycles. The summed E-state index contributed by atoms with van der Waals surface area (Å²) >= 11 is 0. The van der Waals surface area contributed by atoms with Crippen LogP contribution in [0.4, 0.5) is 0 Å². The van der Waals surface area contributed by atoms with Crippen molar-refractivity contribution in [2.45, 2.75) is 25.3 Å². The average Bonchev–Trinajstić information content (AvgIpc) is 3.23. The average molecular weight is 448 g/mol. The number of piperidine rings is 1. The van der Waals surface area contributed by atoms with Gasteiger partial charge in [0, 0.05) is 17.3 Å². The van der Waals surface area contributed by atoms with Crippen LogP contribution in [-0.2, 0) is 6.54 Å². The van der Waals surface area contributed by atoms with Gasteiger partial charge in [-0.1, -0.05) is 54.6 Å². The van der Waals surface area contributed by atoms with Gasteiger partial charge >= 0.3 is 5.97 Å². The van der Waals surface area contributed by atoms with E-state index in [2.05, 4.69) is 29.2 Å². The molecule has 2 heterocycles. The summed E-state index contributed by atoms with van der Waals surface area (Å²) in [7, 11) is 0. The van der Waals surface area contributed by atoms with E-state index < -0.39 is 0 Å². The molecule has 0 bridgehead atoms. The first kappa shape index (κ1) is 22.1. The van der Waals surface area contributed by atoms with Gasteiger partial charge in [0.25, 0.3) is 0 Å². The maximum atomic E-state index is 12.4. The Morgan fingerprint density at radius 2 is 1.81 bits per heavy atom. The standard InChI is InChI=1S/C27H25NO3.ClH/c29-27(20-8-2-1-3-9-20)31-24-13-6-11-21(16-24)22-12-7-15-28(17-22)18-26-25-14-5-4-10-23(25)19-30-26;/h1-6,8-11,13-14,16,19,22H,7,12,15,17-18H2;1H. The molecule has 1 saturated heterocycles. The number of nitrogens with zero attached hydrogens (tertiary/aromatic N) is 1. The van der Waals surface area contributed by atoms with Gasteiger partial charge in [0.15, 0.2) is 0 Å². The van der Waals surface area contributed by atoms with Gasteiger partial charge in [-0.25, -0.2) is 4.79 Å². The van der Waals surface area contributed by atoms with Crippen molar-refractivity contribution in [3.05, 3.63) is 102 Å². The second-order valence-corrected chi connectivity index (χ2v) is 8.15. The van der Waals surface area contributed by atoms with Crippen molar-refractivity contribution in [2.24, 2.45) is 0 Å². The first-order valence-corrected chi connectivity index (χ1v) is 10.8. The van der Waals surface area contributed by atoms with Gasteiger partial charge in [-0.05, 0) is 55.1 Å². The Balaban J connectivity index is 0.00000245. The molecule has 0 saturated carbocycles. The molecule has 0 amide bonds. The maximum absolute atomic E-state index is 12.4. The zero-order valence-electron chi connectivity index (χ0n) is 17.8. The summed E-state index contributed by atoms with van der Waals surface area (Å²) in [4.78, 5) is 14.9. The number of halogens is 1. The molecule has 1 unspecified atom stereocenters. The second kappa shape index (κ2) is 10.0. The first-order chi connectivity index (χ1) is 15.3. The van der Waals surface area contributed by atoms with E-state index in [9.17, 15) is 4.79 Å². The molecule has 32 heavy (non-hydrogen) atoms. The molecule has 4 nitrogen and oxygen atoms in total. The molecule has 3 aromatic carbocycles. The highest BCUT2D eigenvalue weighted by Gasteiger charge is 2.23. The number of ether oxygens (including phenoxy) is 1. The van der Waals surface area contributed by atoms with E-state index in [-0.39, 0.29) is 18.4 Å². The molecule has 1 fully saturated rings. The summed E-state index contributed by atoms with van der Waals surface area (Å²) < 4.78 is 11.5. The lowest BCUT2D eigenvalue weighted by Crippen LogP contribution is -2.33. The molecular formula is C27H26ClNO3. The van der Waals surface area contributed by atoms with E-state index in [1.165, 1.54) is 10.9 Å². The summed E-state index contributed by atoms with van der Waals surface area (Å²) in [6.45, 7) is 2.84. The van der Waals surface area contributed by atoms with Crippen molar-refractivity contribution in [2.75, 3.05) is 13.1 Å². The lowest BCUT2D eigenvalue weighted by molar-refractivity contribution is 0.0734. The molecule has 0 N–H and O–H groups in total. The molecule has 5 heteroatoms. The van der Waals surface area contributed by atoms with Gasteiger partial charge in [0.05, 0.1) is 18.4 Å². The van der Waals surface area contributed by atoms with Crippen LogP contribution in [0, 0.1) is 0 Å². The summed E-state index contributed by atoms with van der Waals surface area (Å²) in [6, 6.07) is 25.4. The maximum Gasteiger partial charge on any atom is 0.343 e. The Hall–Kier alpha value is -3.08. The van der Waals surface area contributed by atoms with Crippen molar-refractivity contribution >= 4 is 29.1 Å².